The number of pyridine rings is 1. The standard InChI is InChI=1S/C19H19N3O4S/c1-11-8-14(12(2)21(11)15-6-5-7-20-10-15)9-16-17(23)22(19(25)27-16)13(3)18(24)26-4/h5-10,13H,1-4H3/b16-9+/t13-/m0/s1. The van der Waals surface area contributed by atoms with Crippen LogP contribution in [0.3, 0.4) is 0 Å². The molecule has 1 saturated heterocycles. The first-order chi connectivity index (χ1) is 12.8. The molecule has 140 valence electrons. The average molecular weight is 385 g/mol. The molecule has 0 radical (unpaired) electrons. The van der Waals surface area contributed by atoms with Crippen LogP contribution in [0.4, 0.5) is 4.79 Å². The van der Waals surface area contributed by atoms with Crippen molar-refractivity contribution in [1.29, 1.82) is 0 Å². The molecule has 1 fully saturated rings. The van der Waals surface area contributed by atoms with Crippen LogP contribution < -0.4 is 0 Å². The van der Waals surface area contributed by atoms with E-state index in [-0.39, 0.29) is 4.91 Å². The molecule has 2 amide bonds. The van der Waals surface area contributed by atoms with Crippen molar-refractivity contribution in [3.8, 4) is 5.69 Å². The van der Waals surface area contributed by atoms with Crippen molar-refractivity contribution < 1.29 is 19.1 Å². The number of ether oxygens (including phenoxy) is 1. The maximum atomic E-state index is 12.6. The molecule has 0 spiro atoms. The minimum absolute atomic E-state index is 0.280. The molecule has 27 heavy (non-hydrogen) atoms. The van der Waals surface area contributed by atoms with Crippen molar-refractivity contribution in [2.75, 3.05) is 7.11 Å². The molecular weight excluding hydrogens is 366 g/mol. The Kier molecular flexibility index (Phi) is 5.18. The monoisotopic (exact) mass is 385 g/mol. The van der Waals surface area contributed by atoms with E-state index < -0.39 is 23.2 Å². The fourth-order valence-electron chi connectivity index (χ4n) is 3.05. The van der Waals surface area contributed by atoms with Gasteiger partial charge in [0.1, 0.15) is 6.04 Å². The Labute approximate surface area is 161 Å². The highest BCUT2D eigenvalue weighted by molar-refractivity contribution is 8.18. The highest BCUT2D eigenvalue weighted by atomic mass is 32.2. The zero-order valence-corrected chi connectivity index (χ0v) is 16.2. The van der Waals surface area contributed by atoms with Gasteiger partial charge in [-0.25, -0.2) is 4.79 Å². The van der Waals surface area contributed by atoms with Gasteiger partial charge in [0.2, 0.25) is 0 Å². The van der Waals surface area contributed by atoms with E-state index in [9.17, 15) is 14.4 Å². The van der Waals surface area contributed by atoms with Gasteiger partial charge in [0.15, 0.2) is 0 Å². The van der Waals surface area contributed by atoms with Crippen molar-refractivity contribution >= 4 is 35.0 Å². The third-order valence-corrected chi connectivity index (χ3v) is 5.30. The molecule has 1 atom stereocenters. The van der Waals surface area contributed by atoms with Gasteiger partial charge in [-0.15, -0.1) is 0 Å². The van der Waals surface area contributed by atoms with Crippen LogP contribution in [0.25, 0.3) is 11.8 Å². The average Bonchev–Trinajstić information content (AvgIpc) is 3.09. The number of aromatic nitrogens is 2. The van der Waals surface area contributed by atoms with E-state index in [1.165, 1.54) is 14.0 Å². The smallest absolute Gasteiger partial charge is 0.328 e. The van der Waals surface area contributed by atoms with Crippen molar-refractivity contribution in [1.82, 2.24) is 14.5 Å². The molecule has 0 saturated carbocycles. The number of rotatable bonds is 4. The maximum Gasteiger partial charge on any atom is 0.328 e. The van der Waals surface area contributed by atoms with Gasteiger partial charge in [0.25, 0.3) is 11.1 Å². The highest BCUT2D eigenvalue weighted by Gasteiger charge is 2.41. The van der Waals surface area contributed by atoms with Crippen LogP contribution in [0.1, 0.15) is 23.9 Å². The van der Waals surface area contributed by atoms with E-state index in [4.69, 9.17) is 0 Å². The number of imide groups is 1. The summed E-state index contributed by atoms with van der Waals surface area (Å²) < 4.78 is 6.67. The lowest BCUT2D eigenvalue weighted by Crippen LogP contribution is -2.42. The summed E-state index contributed by atoms with van der Waals surface area (Å²) >= 11 is 0.822. The number of hydrogen-bond acceptors (Lipinski definition) is 6. The Hall–Kier alpha value is -2.87. The number of carbonyl (C=O) groups is 3. The van der Waals surface area contributed by atoms with Crippen molar-refractivity contribution in [3.63, 3.8) is 0 Å². The molecule has 3 rings (SSSR count). The fraction of sp³-hybridized carbons (Fsp3) is 0.263. The van der Waals surface area contributed by atoms with Crippen LogP contribution in [0.5, 0.6) is 0 Å². The molecular formula is C19H19N3O4S. The first-order valence-electron chi connectivity index (χ1n) is 8.29. The van der Waals surface area contributed by atoms with Crippen LogP contribution >= 0.6 is 11.8 Å². The third kappa shape index (κ3) is 3.40. The number of thioether (sulfide) groups is 1. The summed E-state index contributed by atoms with van der Waals surface area (Å²) in [6.45, 7) is 5.37. The highest BCUT2D eigenvalue weighted by Crippen LogP contribution is 2.35. The van der Waals surface area contributed by atoms with Crippen LogP contribution in [-0.2, 0) is 14.3 Å². The number of carbonyl (C=O) groups excluding carboxylic acids is 3. The first-order valence-corrected chi connectivity index (χ1v) is 9.11. The number of aryl methyl sites for hydroxylation is 1. The van der Waals surface area contributed by atoms with Gasteiger partial charge in [-0.05, 0) is 62.4 Å². The Morgan fingerprint density at radius 1 is 1.33 bits per heavy atom. The van der Waals surface area contributed by atoms with Gasteiger partial charge in [-0.1, -0.05) is 0 Å². The predicted molar refractivity (Wildman–Crippen MR) is 102 cm³/mol. The number of hydrogen-bond donors (Lipinski definition) is 0. The Morgan fingerprint density at radius 3 is 2.70 bits per heavy atom. The predicted octanol–water partition coefficient (Wildman–Crippen LogP) is 3.09. The number of amides is 2. The van der Waals surface area contributed by atoms with E-state index >= 15 is 0 Å². The molecule has 1 aliphatic rings. The van der Waals surface area contributed by atoms with Gasteiger partial charge in [0.05, 0.1) is 23.9 Å². The van der Waals surface area contributed by atoms with Crippen molar-refractivity contribution in [2.24, 2.45) is 0 Å². The molecule has 3 heterocycles. The van der Waals surface area contributed by atoms with Crippen LogP contribution in [-0.4, -0.2) is 44.7 Å². The summed E-state index contributed by atoms with van der Waals surface area (Å²) in [6.07, 6.45) is 5.15. The second kappa shape index (κ2) is 7.40. The van der Waals surface area contributed by atoms with Gasteiger partial charge in [0, 0.05) is 17.6 Å². The summed E-state index contributed by atoms with van der Waals surface area (Å²) in [6, 6.07) is 4.78. The lowest BCUT2D eigenvalue weighted by atomic mass is 10.2. The summed E-state index contributed by atoms with van der Waals surface area (Å²) in [5, 5.41) is -0.481. The number of nitrogens with zero attached hydrogens (tertiary/aromatic N) is 3. The summed E-state index contributed by atoms with van der Waals surface area (Å²) in [5.74, 6) is -1.12. The van der Waals surface area contributed by atoms with E-state index in [2.05, 4.69) is 9.72 Å². The van der Waals surface area contributed by atoms with Gasteiger partial charge in [-0.2, -0.15) is 0 Å². The molecule has 2 aromatic rings. The summed E-state index contributed by atoms with van der Waals surface area (Å²) in [7, 11) is 1.22. The Balaban J connectivity index is 1.96. The maximum absolute atomic E-state index is 12.6. The molecule has 2 aromatic heterocycles. The molecule has 0 aliphatic carbocycles. The van der Waals surface area contributed by atoms with Crippen LogP contribution in [0.15, 0.2) is 35.5 Å². The molecule has 0 aromatic carbocycles. The molecule has 0 bridgehead atoms. The minimum Gasteiger partial charge on any atom is -0.467 e. The molecule has 7 nitrogen and oxygen atoms in total. The topological polar surface area (TPSA) is 81.5 Å². The molecule has 0 N–H and O–H groups in total. The third-order valence-electron chi connectivity index (χ3n) is 4.41. The second-order valence-electron chi connectivity index (χ2n) is 6.12. The minimum atomic E-state index is -0.962. The summed E-state index contributed by atoms with van der Waals surface area (Å²) in [5.41, 5.74) is 3.65. The molecule has 0 unspecified atom stereocenters. The molecule has 8 heteroatoms. The number of methoxy groups -OCH3 is 1. The first kappa shape index (κ1) is 18.9. The fourth-order valence-corrected chi connectivity index (χ4v) is 3.95. The normalized spacial score (nSPS) is 16.9. The van der Waals surface area contributed by atoms with E-state index in [1.54, 1.807) is 18.5 Å². The van der Waals surface area contributed by atoms with Crippen LogP contribution in [0.2, 0.25) is 0 Å². The van der Waals surface area contributed by atoms with Gasteiger partial charge < -0.3 is 9.30 Å². The van der Waals surface area contributed by atoms with Gasteiger partial charge >= 0.3 is 5.97 Å². The zero-order valence-electron chi connectivity index (χ0n) is 15.4. The largest absolute Gasteiger partial charge is 0.467 e. The lowest BCUT2D eigenvalue weighted by molar-refractivity contribution is -0.148. The second-order valence-corrected chi connectivity index (χ2v) is 7.12. The SMILES string of the molecule is COC(=O)[C@H](C)N1C(=O)S/C(=C/c2cc(C)n(-c3cccnc3)c2C)C1=O. The summed E-state index contributed by atoms with van der Waals surface area (Å²) in [4.78, 5) is 41.9. The van der Waals surface area contributed by atoms with Crippen molar-refractivity contribution in [2.45, 2.75) is 26.8 Å². The van der Waals surface area contributed by atoms with Crippen LogP contribution in [0, 0.1) is 13.8 Å². The Bertz CT molecular complexity index is 949. The zero-order chi connectivity index (χ0) is 19.7. The van der Waals surface area contributed by atoms with E-state index in [1.807, 2.05) is 36.6 Å². The van der Waals surface area contributed by atoms with Gasteiger partial charge in [-0.3, -0.25) is 19.5 Å². The number of esters is 1. The quantitative estimate of drug-likeness (QED) is 0.594. The Morgan fingerprint density at radius 2 is 2.07 bits per heavy atom. The van der Waals surface area contributed by atoms with E-state index in [0.29, 0.717) is 0 Å². The van der Waals surface area contributed by atoms with E-state index in [0.717, 1.165) is 39.3 Å². The lowest BCUT2D eigenvalue weighted by Gasteiger charge is -2.18. The van der Waals surface area contributed by atoms with Crippen molar-refractivity contribution in [3.05, 3.63) is 52.4 Å². The molecule has 1 aliphatic heterocycles.